The van der Waals surface area contributed by atoms with Crippen LogP contribution in [0.5, 0.6) is 11.5 Å². The quantitative estimate of drug-likeness (QED) is 0.829. The van der Waals surface area contributed by atoms with Gasteiger partial charge in [0.2, 0.25) is 5.91 Å². The first-order chi connectivity index (χ1) is 10.2. The van der Waals surface area contributed by atoms with Crippen molar-refractivity contribution in [2.24, 2.45) is 0 Å². The van der Waals surface area contributed by atoms with Gasteiger partial charge < -0.3 is 14.8 Å². The van der Waals surface area contributed by atoms with Crippen molar-refractivity contribution < 1.29 is 14.3 Å². The molecule has 0 aliphatic carbocycles. The van der Waals surface area contributed by atoms with E-state index in [4.69, 9.17) is 9.47 Å². The first-order valence-corrected chi connectivity index (χ1v) is 6.36. The van der Waals surface area contributed by atoms with Crippen molar-refractivity contribution in [3.05, 3.63) is 60.9 Å². The summed E-state index contributed by atoms with van der Waals surface area (Å²) >= 11 is 0. The number of aromatic nitrogens is 1. The van der Waals surface area contributed by atoms with Crippen LogP contribution < -0.4 is 14.8 Å². The smallest absolute Gasteiger partial charge is 0.247 e. The van der Waals surface area contributed by atoms with Crippen molar-refractivity contribution in [1.29, 1.82) is 0 Å². The minimum absolute atomic E-state index is 0.279. The van der Waals surface area contributed by atoms with Crippen LogP contribution in [0.4, 0.5) is 5.69 Å². The summed E-state index contributed by atoms with van der Waals surface area (Å²) in [6.45, 7) is 3.78. The third kappa shape index (κ3) is 4.07. The lowest BCUT2D eigenvalue weighted by Gasteiger charge is -2.12. The highest BCUT2D eigenvalue weighted by atomic mass is 16.5. The van der Waals surface area contributed by atoms with Crippen molar-refractivity contribution in [2.75, 3.05) is 12.4 Å². The molecule has 0 aliphatic heterocycles. The minimum Gasteiger partial charge on any atom is -0.493 e. The van der Waals surface area contributed by atoms with E-state index in [1.807, 2.05) is 12.1 Å². The monoisotopic (exact) mass is 284 g/mol. The molecule has 21 heavy (non-hydrogen) atoms. The zero-order valence-electron chi connectivity index (χ0n) is 11.7. The van der Waals surface area contributed by atoms with Gasteiger partial charge in [0.1, 0.15) is 6.61 Å². The minimum atomic E-state index is -0.279. The van der Waals surface area contributed by atoms with Crippen molar-refractivity contribution in [3.63, 3.8) is 0 Å². The molecular weight excluding hydrogens is 268 g/mol. The fourth-order valence-corrected chi connectivity index (χ4v) is 1.71. The lowest BCUT2D eigenvalue weighted by molar-refractivity contribution is -0.111. The molecule has 5 heteroatoms. The molecule has 1 heterocycles. The number of nitrogens with one attached hydrogen (secondary N) is 1. The third-order valence-electron chi connectivity index (χ3n) is 2.73. The maximum Gasteiger partial charge on any atom is 0.247 e. The second-order valence-corrected chi connectivity index (χ2v) is 4.21. The lowest BCUT2D eigenvalue weighted by Crippen LogP contribution is -2.07. The number of rotatable bonds is 6. The average Bonchev–Trinajstić information content (AvgIpc) is 2.54. The van der Waals surface area contributed by atoms with Crippen molar-refractivity contribution in [1.82, 2.24) is 4.98 Å². The molecule has 0 spiro atoms. The van der Waals surface area contributed by atoms with Gasteiger partial charge in [-0.3, -0.25) is 9.78 Å². The number of ether oxygens (including phenoxy) is 2. The van der Waals surface area contributed by atoms with E-state index in [0.717, 1.165) is 5.56 Å². The Morgan fingerprint density at radius 1 is 1.38 bits per heavy atom. The summed E-state index contributed by atoms with van der Waals surface area (Å²) in [5.41, 5.74) is 1.56. The van der Waals surface area contributed by atoms with E-state index in [2.05, 4.69) is 16.9 Å². The number of carbonyl (C=O) groups excluding carboxylic acids is 1. The van der Waals surface area contributed by atoms with Gasteiger partial charge in [0.15, 0.2) is 11.5 Å². The van der Waals surface area contributed by atoms with Crippen LogP contribution >= 0.6 is 0 Å². The standard InChI is InChI=1S/C16H16N2O3/c1-3-16(19)18-13-6-7-14(20-2)15(9-13)21-11-12-5-4-8-17-10-12/h3-10H,1,11H2,2H3,(H,18,19). The predicted molar refractivity (Wildman–Crippen MR) is 80.4 cm³/mol. The lowest BCUT2D eigenvalue weighted by atomic mass is 10.2. The Kier molecular flexibility index (Phi) is 4.93. The maximum atomic E-state index is 11.3. The number of pyridine rings is 1. The molecule has 0 radical (unpaired) electrons. The van der Waals surface area contributed by atoms with Crippen molar-refractivity contribution in [3.8, 4) is 11.5 Å². The number of carbonyl (C=O) groups is 1. The summed E-state index contributed by atoms with van der Waals surface area (Å²) < 4.78 is 11.0. The van der Waals surface area contributed by atoms with E-state index < -0.39 is 0 Å². The van der Waals surface area contributed by atoms with E-state index in [0.29, 0.717) is 23.8 Å². The zero-order chi connectivity index (χ0) is 15.1. The fourth-order valence-electron chi connectivity index (χ4n) is 1.71. The van der Waals surface area contributed by atoms with Crippen LogP contribution in [0.1, 0.15) is 5.56 Å². The molecule has 0 atom stereocenters. The molecule has 5 nitrogen and oxygen atoms in total. The summed E-state index contributed by atoms with van der Waals surface area (Å²) in [5, 5.41) is 2.68. The van der Waals surface area contributed by atoms with E-state index in [-0.39, 0.29) is 5.91 Å². The molecule has 2 aromatic rings. The van der Waals surface area contributed by atoms with Crippen molar-refractivity contribution in [2.45, 2.75) is 6.61 Å². The Morgan fingerprint density at radius 3 is 2.90 bits per heavy atom. The van der Waals surface area contributed by atoms with E-state index in [9.17, 15) is 4.79 Å². The van der Waals surface area contributed by atoms with Gasteiger partial charge in [-0.05, 0) is 24.3 Å². The molecule has 0 bridgehead atoms. The fraction of sp³-hybridized carbons (Fsp3) is 0.125. The molecule has 0 saturated carbocycles. The average molecular weight is 284 g/mol. The number of hydrogen-bond donors (Lipinski definition) is 1. The largest absolute Gasteiger partial charge is 0.493 e. The van der Waals surface area contributed by atoms with Crippen LogP contribution in [0.3, 0.4) is 0 Å². The predicted octanol–water partition coefficient (Wildman–Crippen LogP) is 2.79. The van der Waals surface area contributed by atoms with Gasteiger partial charge in [-0.2, -0.15) is 0 Å². The van der Waals surface area contributed by atoms with Crippen molar-refractivity contribution >= 4 is 11.6 Å². The summed E-state index contributed by atoms with van der Waals surface area (Å²) in [6, 6.07) is 8.94. The molecule has 1 amide bonds. The van der Waals surface area contributed by atoms with Gasteiger partial charge in [0, 0.05) is 29.7 Å². The zero-order valence-corrected chi connectivity index (χ0v) is 11.7. The van der Waals surface area contributed by atoms with Crippen LogP contribution in [0.15, 0.2) is 55.4 Å². The van der Waals surface area contributed by atoms with E-state index >= 15 is 0 Å². The summed E-state index contributed by atoms with van der Waals surface area (Å²) in [6.07, 6.45) is 4.64. The molecule has 108 valence electrons. The number of hydrogen-bond acceptors (Lipinski definition) is 4. The summed E-state index contributed by atoms with van der Waals surface area (Å²) in [4.78, 5) is 15.3. The molecule has 0 fully saturated rings. The molecular formula is C16H16N2O3. The van der Waals surface area contributed by atoms with E-state index in [1.165, 1.54) is 6.08 Å². The third-order valence-corrected chi connectivity index (χ3v) is 2.73. The summed E-state index contributed by atoms with van der Waals surface area (Å²) in [7, 11) is 1.56. The Balaban J connectivity index is 2.14. The highest BCUT2D eigenvalue weighted by Gasteiger charge is 2.07. The topological polar surface area (TPSA) is 60.5 Å². The Hall–Kier alpha value is -2.82. The first kappa shape index (κ1) is 14.6. The normalized spacial score (nSPS) is 9.76. The van der Waals surface area contributed by atoms with Crippen LogP contribution in [0, 0.1) is 0 Å². The highest BCUT2D eigenvalue weighted by molar-refractivity contribution is 5.99. The van der Waals surface area contributed by atoms with Crippen LogP contribution in [0.25, 0.3) is 0 Å². The molecule has 1 aromatic heterocycles. The Morgan fingerprint density at radius 2 is 2.24 bits per heavy atom. The van der Waals surface area contributed by atoms with Gasteiger partial charge in [-0.1, -0.05) is 12.6 Å². The van der Waals surface area contributed by atoms with Gasteiger partial charge in [0.05, 0.1) is 7.11 Å². The van der Waals surface area contributed by atoms with E-state index in [1.54, 1.807) is 37.7 Å². The van der Waals surface area contributed by atoms with Crippen LogP contribution in [-0.2, 0) is 11.4 Å². The van der Waals surface area contributed by atoms with Crippen LogP contribution in [0.2, 0.25) is 0 Å². The summed E-state index contributed by atoms with van der Waals surface area (Å²) in [5.74, 6) is 0.858. The first-order valence-electron chi connectivity index (χ1n) is 6.36. The molecule has 2 rings (SSSR count). The molecule has 0 aliphatic rings. The van der Waals surface area contributed by atoms with Crippen LogP contribution in [-0.4, -0.2) is 18.0 Å². The second-order valence-electron chi connectivity index (χ2n) is 4.21. The number of anilines is 1. The Labute approximate surface area is 123 Å². The second kappa shape index (κ2) is 7.09. The number of methoxy groups -OCH3 is 1. The maximum absolute atomic E-state index is 11.3. The Bertz CT molecular complexity index is 627. The molecule has 1 aromatic carbocycles. The molecule has 0 saturated heterocycles. The van der Waals surface area contributed by atoms with Gasteiger partial charge in [-0.15, -0.1) is 0 Å². The number of benzene rings is 1. The van der Waals surface area contributed by atoms with Gasteiger partial charge in [0.25, 0.3) is 0 Å². The molecule has 0 unspecified atom stereocenters. The number of amides is 1. The molecule has 1 N–H and O–H groups in total. The highest BCUT2D eigenvalue weighted by Crippen LogP contribution is 2.30. The van der Waals surface area contributed by atoms with Gasteiger partial charge >= 0.3 is 0 Å². The van der Waals surface area contributed by atoms with Gasteiger partial charge in [-0.25, -0.2) is 0 Å². The number of nitrogens with zero attached hydrogens (tertiary/aromatic N) is 1. The SMILES string of the molecule is C=CC(=O)Nc1ccc(OC)c(OCc2cccnc2)c1.